The van der Waals surface area contributed by atoms with Crippen LogP contribution in [0, 0.1) is 0 Å². The van der Waals surface area contributed by atoms with Crippen LogP contribution in [0.3, 0.4) is 0 Å². The van der Waals surface area contributed by atoms with Crippen molar-refractivity contribution in [1.29, 1.82) is 0 Å². The number of thiophene rings is 2. The van der Waals surface area contributed by atoms with E-state index in [1.54, 1.807) is 11.3 Å². The van der Waals surface area contributed by atoms with Crippen LogP contribution in [-0.2, 0) is 32.4 Å². The summed E-state index contributed by atoms with van der Waals surface area (Å²) in [5.41, 5.74) is 3.37. The number of hydrogen-bond donors (Lipinski definition) is 3. The number of carbonyl (C=O) groups excluding carboxylic acids is 2. The zero-order chi connectivity index (χ0) is 23.2. The van der Waals surface area contributed by atoms with Crippen LogP contribution in [0.4, 0.5) is 18.6 Å². The number of amides is 2. The fraction of sp³-hybridized carbons (Fsp3) is 0.391. The molecule has 4 heterocycles. The maximum Gasteiger partial charge on any atom is 0.320 e. The van der Waals surface area contributed by atoms with Gasteiger partial charge in [0.25, 0.3) is 5.92 Å². The first-order chi connectivity index (χ1) is 15.8. The largest absolute Gasteiger partial charge is 0.334 e. The molecule has 0 spiro atoms. The van der Waals surface area contributed by atoms with E-state index in [2.05, 4.69) is 20.5 Å². The van der Waals surface area contributed by atoms with Crippen molar-refractivity contribution >= 4 is 51.9 Å². The Hall–Kier alpha value is -2.27. The number of aromatic nitrogens is 1. The van der Waals surface area contributed by atoms with E-state index in [0.29, 0.717) is 27.5 Å². The van der Waals surface area contributed by atoms with E-state index >= 15 is 0 Å². The topological polar surface area (TPSA) is 75.2 Å². The van der Waals surface area contributed by atoms with Gasteiger partial charge in [-0.3, -0.25) is 10.1 Å². The van der Waals surface area contributed by atoms with Crippen molar-refractivity contribution in [2.24, 2.45) is 0 Å². The lowest BCUT2D eigenvalue weighted by Crippen LogP contribution is -2.30. The summed E-state index contributed by atoms with van der Waals surface area (Å²) < 4.78 is 29.8. The van der Waals surface area contributed by atoms with Crippen LogP contribution in [0.1, 0.15) is 50.1 Å². The van der Waals surface area contributed by atoms with E-state index in [4.69, 9.17) is 0 Å². The molecular weight excluding hydrogens is 502 g/mol. The summed E-state index contributed by atoms with van der Waals surface area (Å²) in [6, 6.07) is 3.48. The predicted molar refractivity (Wildman–Crippen MR) is 133 cm³/mol. The van der Waals surface area contributed by atoms with Crippen molar-refractivity contribution < 1.29 is 18.4 Å². The Morgan fingerprint density at radius 2 is 1.91 bits per heavy atom. The molecule has 0 atom stereocenters. The first-order valence-corrected chi connectivity index (χ1v) is 12.5. The molecule has 0 radical (unpaired) electrons. The molecule has 11 heteroatoms. The number of alkyl halides is 2. The number of ketones is 1. The fourth-order valence-electron chi connectivity index (χ4n) is 4.57. The third kappa shape index (κ3) is 4.77. The lowest BCUT2D eigenvalue weighted by atomic mass is 9.92. The monoisotopic (exact) mass is 526 g/mol. The molecule has 0 saturated carbocycles. The highest BCUT2D eigenvalue weighted by Gasteiger charge is 2.38. The van der Waals surface area contributed by atoms with Gasteiger partial charge >= 0.3 is 6.03 Å². The highest BCUT2D eigenvalue weighted by molar-refractivity contribution is 7.17. The van der Waals surface area contributed by atoms with E-state index in [1.807, 2.05) is 24.5 Å². The molecule has 34 heavy (non-hydrogen) atoms. The number of carbonyl (C=O) groups is 2. The summed E-state index contributed by atoms with van der Waals surface area (Å²) >= 11 is 2.80. The Kier molecular flexibility index (Phi) is 7.14. The first-order valence-electron chi connectivity index (χ1n) is 10.9. The van der Waals surface area contributed by atoms with Crippen LogP contribution in [-0.4, -0.2) is 28.8 Å². The minimum atomic E-state index is -2.77. The summed E-state index contributed by atoms with van der Waals surface area (Å²) in [6.07, 6.45) is 4.35. The second kappa shape index (κ2) is 9.77. The molecule has 3 aromatic heterocycles. The van der Waals surface area contributed by atoms with Crippen molar-refractivity contribution in [3.63, 3.8) is 0 Å². The molecule has 2 amide bonds. The van der Waals surface area contributed by atoms with Gasteiger partial charge in [-0.25, -0.2) is 13.6 Å². The Labute approximate surface area is 210 Å². The molecule has 3 N–H and O–H groups in total. The minimum Gasteiger partial charge on any atom is -0.334 e. The number of fused-ring (bicyclic) bond motifs is 2. The zero-order valence-electron chi connectivity index (χ0n) is 18.5. The maximum absolute atomic E-state index is 13.9. The number of nitrogens with one attached hydrogen (secondary N) is 3. The lowest BCUT2D eigenvalue weighted by Gasteiger charge is -2.21. The van der Waals surface area contributed by atoms with Gasteiger partial charge < -0.3 is 15.2 Å². The Bertz CT molecular complexity index is 1220. The molecule has 0 fully saturated rings. The van der Waals surface area contributed by atoms with Gasteiger partial charge in [-0.1, -0.05) is 0 Å². The van der Waals surface area contributed by atoms with Gasteiger partial charge in [0, 0.05) is 53.6 Å². The van der Waals surface area contributed by atoms with Gasteiger partial charge in [0.2, 0.25) is 0 Å². The molecule has 0 saturated heterocycles. The standard InChI is InChI=1S/C23H24F2N4O2S2.ClH/c1-13(30)19-15-4-6-23(24,25)10-17(15)32-20(19)28-22(31)27-11-16-14-5-7-26-12-18(14)33-21(16)29-8-2-3-9-29;/h2-3,8-9,26H,4-7,10-12H2,1H3,(H2,27,28,31);1H. The zero-order valence-corrected chi connectivity index (χ0v) is 21.0. The van der Waals surface area contributed by atoms with E-state index in [1.165, 1.54) is 17.4 Å². The molecule has 182 valence electrons. The van der Waals surface area contributed by atoms with E-state index < -0.39 is 12.0 Å². The lowest BCUT2D eigenvalue weighted by molar-refractivity contribution is -0.0112. The highest BCUT2D eigenvalue weighted by atomic mass is 35.5. The number of anilines is 1. The summed E-state index contributed by atoms with van der Waals surface area (Å²) in [5, 5.41) is 10.5. The van der Waals surface area contributed by atoms with Crippen molar-refractivity contribution in [1.82, 2.24) is 15.2 Å². The number of Topliss-reactive ketones (excluding diaryl/α,β-unsaturated/α-hetero) is 1. The molecule has 2 aliphatic rings. The molecule has 3 aromatic rings. The molecule has 1 aliphatic carbocycles. The average Bonchev–Trinajstić information content (AvgIpc) is 3.48. The van der Waals surface area contributed by atoms with Gasteiger partial charge in [-0.2, -0.15) is 0 Å². The fourth-order valence-corrected chi connectivity index (χ4v) is 7.25. The van der Waals surface area contributed by atoms with Crippen molar-refractivity contribution in [2.75, 3.05) is 11.9 Å². The number of nitrogens with zero attached hydrogens (tertiary/aromatic N) is 1. The molecular formula is C23H25ClF2N4O2S2. The third-order valence-corrected chi connectivity index (χ3v) is 8.55. The number of halogens is 3. The smallest absolute Gasteiger partial charge is 0.320 e. The van der Waals surface area contributed by atoms with E-state index in [9.17, 15) is 18.4 Å². The Morgan fingerprint density at radius 3 is 2.65 bits per heavy atom. The van der Waals surface area contributed by atoms with Crippen molar-refractivity contribution in [3.05, 3.63) is 56.5 Å². The third-order valence-electron chi connectivity index (χ3n) is 6.11. The van der Waals surface area contributed by atoms with Gasteiger partial charge in [0.05, 0.1) is 5.56 Å². The predicted octanol–water partition coefficient (Wildman–Crippen LogP) is 5.32. The molecule has 6 nitrogen and oxygen atoms in total. The van der Waals surface area contributed by atoms with Gasteiger partial charge in [0.15, 0.2) is 5.78 Å². The summed E-state index contributed by atoms with van der Waals surface area (Å²) in [7, 11) is 0. The average molecular weight is 527 g/mol. The van der Waals surface area contributed by atoms with Gasteiger partial charge in [0.1, 0.15) is 10.0 Å². The molecule has 5 rings (SSSR count). The highest BCUT2D eigenvalue weighted by Crippen LogP contribution is 2.43. The molecule has 1 aliphatic heterocycles. The van der Waals surface area contributed by atoms with Gasteiger partial charge in [-0.05, 0) is 49.6 Å². The van der Waals surface area contributed by atoms with Crippen LogP contribution in [0.2, 0.25) is 0 Å². The first kappa shape index (κ1) is 24.8. The van der Waals surface area contributed by atoms with E-state index in [0.717, 1.165) is 41.4 Å². The molecule has 0 aromatic carbocycles. The quantitative estimate of drug-likeness (QED) is 0.394. The summed E-state index contributed by atoms with van der Waals surface area (Å²) in [4.78, 5) is 26.8. The second-order valence-electron chi connectivity index (χ2n) is 8.41. The van der Waals surface area contributed by atoms with Crippen LogP contribution in [0.5, 0.6) is 0 Å². The van der Waals surface area contributed by atoms with Gasteiger partial charge in [-0.15, -0.1) is 35.1 Å². The molecule has 0 unspecified atom stereocenters. The SMILES string of the molecule is CC(=O)c1c(NC(=O)NCc2c(-n3cccc3)sc3c2CCNC3)sc2c1CCC(F)(F)C2.Cl. The Balaban J connectivity index is 0.00000274. The maximum atomic E-state index is 13.9. The van der Waals surface area contributed by atoms with Crippen molar-refractivity contribution in [2.45, 2.75) is 51.6 Å². The van der Waals surface area contributed by atoms with Crippen LogP contribution < -0.4 is 16.0 Å². The summed E-state index contributed by atoms with van der Waals surface area (Å²) in [5.74, 6) is -2.99. The minimum absolute atomic E-state index is 0. The summed E-state index contributed by atoms with van der Waals surface area (Å²) in [6.45, 7) is 3.45. The molecule has 0 bridgehead atoms. The van der Waals surface area contributed by atoms with Crippen LogP contribution in [0.25, 0.3) is 5.00 Å². The Morgan fingerprint density at radius 1 is 1.15 bits per heavy atom. The van der Waals surface area contributed by atoms with Crippen molar-refractivity contribution in [3.8, 4) is 5.00 Å². The number of urea groups is 1. The number of rotatable bonds is 5. The number of hydrogen-bond acceptors (Lipinski definition) is 5. The van der Waals surface area contributed by atoms with Crippen LogP contribution in [0.15, 0.2) is 24.5 Å². The van der Waals surface area contributed by atoms with E-state index in [-0.39, 0.29) is 37.5 Å². The van der Waals surface area contributed by atoms with Crippen LogP contribution >= 0.6 is 35.1 Å². The normalized spacial score (nSPS) is 16.2. The second-order valence-corrected chi connectivity index (χ2v) is 10.6.